The van der Waals surface area contributed by atoms with Gasteiger partial charge in [-0.3, -0.25) is 9.59 Å². The summed E-state index contributed by atoms with van der Waals surface area (Å²) < 4.78 is 1.78. The number of aromatic nitrogens is 3. The topological polar surface area (TPSA) is 88.9 Å². The molecular formula is C17H23N5O2S. The Morgan fingerprint density at radius 3 is 2.64 bits per heavy atom. The second-order valence-electron chi connectivity index (χ2n) is 6.67. The van der Waals surface area contributed by atoms with Crippen molar-refractivity contribution in [2.24, 2.45) is 0 Å². The van der Waals surface area contributed by atoms with Crippen molar-refractivity contribution in [1.82, 2.24) is 25.6 Å². The molecule has 25 heavy (non-hydrogen) atoms. The van der Waals surface area contributed by atoms with E-state index in [-0.39, 0.29) is 29.9 Å². The van der Waals surface area contributed by atoms with Gasteiger partial charge in [0.25, 0.3) is 11.8 Å². The standard InChI is InChI=1S/C17H23N5O2S/c1-11(2)18-16(23)14-10-22(21-20-14)13-7-5-12(6-8-13)19-17(24)15-4-3-9-25-15/h3-4,9-13H,5-8H2,1-2H3,(H,18,23)(H,19,24). The highest BCUT2D eigenvalue weighted by molar-refractivity contribution is 7.12. The zero-order valence-corrected chi connectivity index (χ0v) is 15.3. The van der Waals surface area contributed by atoms with Crippen molar-refractivity contribution in [2.75, 3.05) is 0 Å². The molecule has 2 aromatic rings. The number of nitrogens with zero attached hydrogens (tertiary/aromatic N) is 3. The highest BCUT2D eigenvalue weighted by atomic mass is 32.1. The van der Waals surface area contributed by atoms with Gasteiger partial charge in [0.2, 0.25) is 0 Å². The van der Waals surface area contributed by atoms with Crippen LogP contribution < -0.4 is 10.6 Å². The van der Waals surface area contributed by atoms with E-state index in [1.165, 1.54) is 11.3 Å². The van der Waals surface area contributed by atoms with Crippen LogP contribution in [0.25, 0.3) is 0 Å². The Hall–Kier alpha value is -2.22. The number of nitrogens with one attached hydrogen (secondary N) is 2. The van der Waals surface area contributed by atoms with Gasteiger partial charge >= 0.3 is 0 Å². The van der Waals surface area contributed by atoms with Crippen LogP contribution in [0.4, 0.5) is 0 Å². The molecule has 0 radical (unpaired) electrons. The van der Waals surface area contributed by atoms with E-state index >= 15 is 0 Å². The van der Waals surface area contributed by atoms with Gasteiger partial charge in [0.1, 0.15) is 0 Å². The smallest absolute Gasteiger partial charge is 0.273 e. The van der Waals surface area contributed by atoms with Crippen LogP contribution in [0.2, 0.25) is 0 Å². The molecule has 134 valence electrons. The molecule has 1 saturated carbocycles. The average Bonchev–Trinajstić information content (AvgIpc) is 3.27. The largest absolute Gasteiger partial charge is 0.349 e. The average molecular weight is 361 g/mol. The van der Waals surface area contributed by atoms with Crippen LogP contribution in [-0.2, 0) is 0 Å². The van der Waals surface area contributed by atoms with Gasteiger partial charge in [-0.2, -0.15) is 0 Å². The fourth-order valence-corrected chi connectivity index (χ4v) is 3.67. The summed E-state index contributed by atoms with van der Waals surface area (Å²) in [7, 11) is 0. The first-order valence-corrected chi connectivity index (χ1v) is 9.48. The zero-order chi connectivity index (χ0) is 17.8. The second-order valence-corrected chi connectivity index (χ2v) is 7.62. The minimum Gasteiger partial charge on any atom is -0.349 e. The van der Waals surface area contributed by atoms with E-state index in [1.807, 2.05) is 31.4 Å². The van der Waals surface area contributed by atoms with Gasteiger partial charge in [-0.05, 0) is 51.0 Å². The Labute approximate surface area is 150 Å². The van der Waals surface area contributed by atoms with Crippen LogP contribution in [-0.4, -0.2) is 38.9 Å². The summed E-state index contributed by atoms with van der Waals surface area (Å²) in [5.41, 5.74) is 0.349. The number of hydrogen-bond donors (Lipinski definition) is 2. The summed E-state index contributed by atoms with van der Waals surface area (Å²) in [6.07, 6.45) is 5.32. The first-order chi connectivity index (χ1) is 12.0. The minimum absolute atomic E-state index is 0.00634. The first kappa shape index (κ1) is 17.6. The SMILES string of the molecule is CC(C)NC(=O)c1cn(C2CCC(NC(=O)c3cccs3)CC2)nn1. The second kappa shape index (κ2) is 7.77. The molecule has 8 heteroatoms. The minimum atomic E-state index is -0.196. The third kappa shape index (κ3) is 4.45. The molecule has 7 nitrogen and oxygen atoms in total. The lowest BCUT2D eigenvalue weighted by Gasteiger charge is -2.28. The van der Waals surface area contributed by atoms with Crippen molar-refractivity contribution in [3.05, 3.63) is 34.3 Å². The maximum atomic E-state index is 12.1. The number of rotatable bonds is 5. The molecule has 2 heterocycles. The molecule has 0 bridgehead atoms. The lowest BCUT2D eigenvalue weighted by Crippen LogP contribution is -2.37. The molecule has 1 aliphatic carbocycles. The Kier molecular flexibility index (Phi) is 5.47. The summed E-state index contributed by atoms with van der Waals surface area (Å²) in [6, 6.07) is 4.21. The van der Waals surface area contributed by atoms with Crippen LogP contribution in [0.3, 0.4) is 0 Å². The van der Waals surface area contributed by atoms with E-state index in [0.29, 0.717) is 5.69 Å². The molecule has 2 aromatic heterocycles. The van der Waals surface area contributed by atoms with Gasteiger partial charge in [-0.25, -0.2) is 4.68 Å². The fraction of sp³-hybridized carbons (Fsp3) is 0.529. The maximum Gasteiger partial charge on any atom is 0.273 e. The molecule has 1 aliphatic rings. The van der Waals surface area contributed by atoms with E-state index in [1.54, 1.807) is 10.9 Å². The van der Waals surface area contributed by atoms with E-state index < -0.39 is 0 Å². The predicted molar refractivity (Wildman–Crippen MR) is 95.7 cm³/mol. The highest BCUT2D eigenvalue weighted by Gasteiger charge is 2.25. The Morgan fingerprint density at radius 1 is 1.24 bits per heavy atom. The lowest BCUT2D eigenvalue weighted by atomic mass is 9.91. The molecule has 0 unspecified atom stereocenters. The van der Waals surface area contributed by atoms with Crippen molar-refractivity contribution < 1.29 is 9.59 Å². The van der Waals surface area contributed by atoms with E-state index in [4.69, 9.17) is 0 Å². The third-order valence-electron chi connectivity index (χ3n) is 4.31. The molecule has 0 spiro atoms. The van der Waals surface area contributed by atoms with E-state index in [9.17, 15) is 9.59 Å². The number of hydrogen-bond acceptors (Lipinski definition) is 5. The number of amides is 2. The van der Waals surface area contributed by atoms with Crippen molar-refractivity contribution in [2.45, 2.75) is 57.7 Å². The Balaban J connectivity index is 1.51. The van der Waals surface area contributed by atoms with Crippen LogP contribution in [0.15, 0.2) is 23.7 Å². The maximum absolute atomic E-state index is 12.1. The molecule has 1 fully saturated rings. The van der Waals surface area contributed by atoms with Gasteiger partial charge in [-0.1, -0.05) is 11.3 Å². The molecule has 2 amide bonds. The Morgan fingerprint density at radius 2 is 2.00 bits per heavy atom. The van der Waals surface area contributed by atoms with Crippen LogP contribution in [0, 0.1) is 0 Å². The molecule has 0 aromatic carbocycles. The summed E-state index contributed by atoms with van der Waals surface area (Å²) in [4.78, 5) is 24.8. The molecule has 0 atom stereocenters. The lowest BCUT2D eigenvalue weighted by molar-refractivity contribution is 0.0920. The van der Waals surface area contributed by atoms with Crippen molar-refractivity contribution in [3.8, 4) is 0 Å². The Bertz CT molecular complexity index is 717. The molecular weight excluding hydrogens is 338 g/mol. The third-order valence-corrected chi connectivity index (χ3v) is 5.18. The number of carbonyl (C=O) groups excluding carboxylic acids is 2. The summed E-state index contributed by atoms with van der Waals surface area (Å²) in [5, 5.41) is 15.9. The summed E-state index contributed by atoms with van der Waals surface area (Å²) in [5.74, 6) is -0.190. The molecule has 2 N–H and O–H groups in total. The van der Waals surface area contributed by atoms with Crippen LogP contribution >= 0.6 is 11.3 Å². The van der Waals surface area contributed by atoms with E-state index in [0.717, 1.165) is 30.6 Å². The zero-order valence-electron chi connectivity index (χ0n) is 14.4. The monoisotopic (exact) mass is 361 g/mol. The van der Waals surface area contributed by atoms with Gasteiger partial charge in [-0.15, -0.1) is 16.4 Å². The van der Waals surface area contributed by atoms with Gasteiger partial charge < -0.3 is 10.6 Å². The van der Waals surface area contributed by atoms with Crippen molar-refractivity contribution in [1.29, 1.82) is 0 Å². The first-order valence-electron chi connectivity index (χ1n) is 8.60. The normalized spacial score (nSPS) is 20.4. The van der Waals surface area contributed by atoms with Crippen molar-refractivity contribution >= 4 is 23.2 Å². The van der Waals surface area contributed by atoms with E-state index in [2.05, 4.69) is 20.9 Å². The number of thiophene rings is 1. The highest BCUT2D eigenvalue weighted by Crippen LogP contribution is 2.28. The molecule has 0 saturated heterocycles. The van der Waals surface area contributed by atoms with Crippen LogP contribution in [0.5, 0.6) is 0 Å². The van der Waals surface area contributed by atoms with Crippen molar-refractivity contribution in [3.63, 3.8) is 0 Å². The molecule has 0 aliphatic heterocycles. The van der Waals surface area contributed by atoms with Crippen LogP contribution in [0.1, 0.15) is 65.7 Å². The fourth-order valence-electron chi connectivity index (χ4n) is 3.04. The number of carbonyl (C=O) groups is 2. The molecule has 3 rings (SSSR count). The van der Waals surface area contributed by atoms with Gasteiger partial charge in [0.15, 0.2) is 5.69 Å². The summed E-state index contributed by atoms with van der Waals surface area (Å²) in [6.45, 7) is 3.82. The van der Waals surface area contributed by atoms with Gasteiger partial charge in [0, 0.05) is 12.1 Å². The summed E-state index contributed by atoms with van der Waals surface area (Å²) >= 11 is 1.45. The quantitative estimate of drug-likeness (QED) is 0.856. The van der Waals surface area contributed by atoms with Gasteiger partial charge in [0.05, 0.1) is 17.1 Å². The predicted octanol–water partition coefficient (Wildman–Crippen LogP) is 2.39.